The molecule has 1 aromatic rings. The summed E-state index contributed by atoms with van der Waals surface area (Å²) in [5, 5.41) is 3.04. The number of hydrogen-bond donors (Lipinski definition) is 2. The molecule has 5 nitrogen and oxygen atoms in total. The fraction of sp³-hybridized carbons (Fsp3) is 0.444. The first kappa shape index (κ1) is 11.4. The van der Waals surface area contributed by atoms with Gasteiger partial charge < -0.3 is 5.32 Å². The molecule has 0 saturated carbocycles. The van der Waals surface area contributed by atoms with Gasteiger partial charge in [-0.3, -0.25) is 4.98 Å². The van der Waals surface area contributed by atoms with Gasteiger partial charge in [-0.2, -0.15) is 0 Å². The smallest absolute Gasteiger partial charge is 0.242 e. The maximum Gasteiger partial charge on any atom is 0.242 e. The Morgan fingerprint density at radius 2 is 2.31 bits per heavy atom. The standard InChI is InChI=1S/C9H12FN3O2S/c10-7-3-9(6-12-4-7)16(14,15)13-8-1-2-11-5-8/h3-4,6,8,11,13H,1-2,5H2/t8-/m0/s1. The van der Waals surface area contributed by atoms with E-state index >= 15 is 0 Å². The van der Waals surface area contributed by atoms with Crippen LogP contribution < -0.4 is 10.0 Å². The topological polar surface area (TPSA) is 71.1 Å². The molecule has 0 radical (unpaired) electrons. The van der Waals surface area contributed by atoms with Gasteiger partial charge in [0.15, 0.2) is 0 Å². The van der Waals surface area contributed by atoms with Crippen LogP contribution in [0.5, 0.6) is 0 Å². The zero-order valence-corrected chi connectivity index (χ0v) is 9.30. The Balaban J connectivity index is 2.18. The van der Waals surface area contributed by atoms with Crippen molar-refractivity contribution in [2.75, 3.05) is 13.1 Å². The molecule has 1 atom stereocenters. The highest BCUT2D eigenvalue weighted by Crippen LogP contribution is 2.10. The van der Waals surface area contributed by atoms with Crippen LogP contribution in [-0.2, 0) is 10.0 Å². The minimum atomic E-state index is -3.66. The van der Waals surface area contributed by atoms with Gasteiger partial charge in [0.05, 0.1) is 6.20 Å². The number of nitrogens with zero attached hydrogens (tertiary/aromatic N) is 1. The highest BCUT2D eigenvalue weighted by atomic mass is 32.2. The molecule has 16 heavy (non-hydrogen) atoms. The number of aromatic nitrogens is 1. The predicted octanol–water partition coefficient (Wildman–Crippen LogP) is -0.139. The minimum Gasteiger partial charge on any atom is -0.315 e. The van der Waals surface area contributed by atoms with Crippen LogP contribution >= 0.6 is 0 Å². The second-order valence-electron chi connectivity index (χ2n) is 3.65. The molecule has 0 bridgehead atoms. The molecule has 0 aromatic carbocycles. The first-order valence-electron chi connectivity index (χ1n) is 4.91. The van der Waals surface area contributed by atoms with E-state index in [1.165, 1.54) is 0 Å². The Morgan fingerprint density at radius 3 is 2.94 bits per heavy atom. The van der Waals surface area contributed by atoms with Gasteiger partial charge in [0.1, 0.15) is 10.7 Å². The molecular formula is C9H12FN3O2S. The van der Waals surface area contributed by atoms with Crippen molar-refractivity contribution in [3.63, 3.8) is 0 Å². The van der Waals surface area contributed by atoms with Crippen LogP contribution in [0.1, 0.15) is 6.42 Å². The van der Waals surface area contributed by atoms with Crippen molar-refractivity contribution in [3.05, 3.63) is 24.3 Å². The third-order valence-corrected chi connectivity index (χ3v) is 3.86. The van der Waals surface area contributed by atoms with E-state index < -0.39 is 15.8 Å². The molecule has 1 aromatic heterocycles. The van der Waals surface area contributed by atoms with E-state index in [1.54, 1.807) is 0 Å². The summed E-state index contributed by atoms with van der Waals surface area (Å²) < 4.78 is 38.9. The van der Waals surface area contributed by atoms with Crippen LogP contribution in [0.3, 0.4) is 0 Å². The Hall–Kier alpha value is -1.05. The number of halogens is 1. The minimum absolute atomic E-state index is 0.131. The second-order valence-corrected chi connectivity index (χ2v) is 5.36. The van der Waals surface area contributed by atoms with Crippen LogP contribution in [0.15, 0.2) is 23.4 Å². The molecule has 1 fully saturated rings. The Kier molecular flexibility index (Phi) is 3.17. The van der Waals surface area contributed by atoms with Gasteiger partial charge in [-0.1, -0.05) is 0 Å². The third kappa shape index (κ3) is 2.55. The summed E-state index contributed by atoms with van der Waals surface area (Å²) in [6.07, 6.45) is 2.84. The van der Waals surface area contributed by atoms with Crippen molar-refractivity contribution in [1.29, 1.82) is 0 Å². The van der Waals surface area contributed by atoms with E-state index in [2.05, 4.69) is 15.0 Å². The monoisotopic (exact) mass is 245 g/mol. The Morgan fingerprint density at radius 1 is 1.50 bits per heavy atom. The van der Waals surface area contributed by atoms with Crippen molar-refractivity contribution < 1.29 is 12.8 Å². The molecule has 2 rings (SSSR count). The lowest BCUT2D eigenvalue weighted by atomic mass is 10.3. The highest BCUT2D eigenvalue weighted by molar-refractivity contribution is 7.89. The van der Waals surface area contributed by atoms with Gasteiger partial charge in [0.2, 0.25) is 10.0 Å². The Bertz CT molecular complexity index is 471. The molecular weight excluding hydrogens is 233 g/mol. The lowest BCUT2D eigenvalue weighted by Gasteiger charge is -2.11. The third-order valence-electron chi connectivity index (χ3n) is 2.37. The quantitative estimate of drug-likeness (QED) is 0.777. The van der Waals surface area contributed by atoms with E-state index in [0.29, 0.717) is 6.54 Å². The average Bonchev–Trinajstić information content (AvgIpc) is 2.70. The van der Waals surface area contributed by atoms with E-state index in [4.69, 9.17) is 0 Å². The molecule has 0 amide bonds. The van der Waals surface area contributed by atoms with Crippen LogP contribution in [0, 0.1) is 5.82 Å². The largest absolute Gasteiger partial charge is 0.315 e. The highest BCUT2D eigenvalue weighted by Gasteiger charge is 2.23. The lowest BCUT2D eigenvalue weighted by Crippen LogP contribution is -2.36. The zero-order valence-electron chi connectivity index (χ0n) is 8.48. The fourth-order valence-electron chi connectivity index (χ4n) is 1.58. The molecule has 88 valence electrons. The van der Waals surface area contributed by atoms with E-state index in [1.807, 2.05) is 0 Å². The number of hydrogen-bond acceptors (Lipinski definition) is 4. The summed E-state index contributed by atoms with van der Waals surface area (Å²) in [4.78, 5) is 3.38. The molecule has 2 heterocycles. The molecule has 0 unspecified atom stereocenters. The Labute approximate surface area is 93.1 Å². The summed E-state index contributed by atoms with van der Waals surface area (Å²) >= 11 is 0. The average molecular weight is 245 g/mol. The SMILES string of the molecule is O=S(=O)(N[C@H]1CCNC1)c1cncc(F)c1. The van der Waals surface area contributed by atoms with Crippen molar-refractivity contribution in [2.45, 2.75) is 17.4 Å². The van der Waals surface area contributed by atoms with Crippen LogP contribution in [0.25, 0.3) is 0 Å². The van der Waals surface area contributed by atoms with Gasteiger partial charge in [-0.05, 0) is 19.0 Å². The van der Waals surface area contributed by atoms with E-state index in [0.717, 1.165) is 31.4 Å². The van der Waals surface area contributed by atoms with Crippen molar-refractivity contribution in [3.8, 4) is 0 Å². The maximum absolute atomic E-state index is 12.8. The normalized spacial score (nSPS) is 21.2. The number of rotatable bonds is 3. The molecule has 1 aliphatic heterocycles. The first-order valence-corrected chi connectivity index (χ1v) is 6.40. The van der Waals surface area contributed by atoms with Crippen LogP contribution in [0.2, 0.25) is 0 Å². The van der Waals surface area contributed by atoms with Gasteiger partial charge >= 0.3 is 0 Å². The summed E-state index contributed by atoms with van der Waals surface area (Å²) in [5.74, 6) is -0.660. The first-order chi connectivity index (χ1) is 7.58. The number of nitrogens with one attached hydrogen (secondary N) is 2. The lowest BCUT2D eigenvalue weighted by molar-refractivity contribution is 0.556. The second kappa shape index (κ2) is 4.44. The van der Waals surface area contributed by atoms with E-state index in [-0.39, 0.29) is 10.9 Å². The molecule has 0 aliphatic carbocycles. The van der Waals surface area contributed by atoms with Crippen molar-refractivity contribution >= 4 is 10.0 Å². The van der Waals surface area contributed by atoms with Gasteiger partial charge in [-0.25, -0.2) is 17.5 Å². The van der Waals surface area contributed by atoms with E-state index in [9.17, 15) is 12.8 Å². The summed E-state index contributed by atoms with van der Waals surface area (Å²) in [5.41, 5.74) is 0. The summed E-state index contributed by atoms with van der Waals surface area (Å²) in [6.45, 7) is 1.39. The van der Waals surface area contributed by atoms with Crippen molar-refractivity contribution in [1.82, 2.24) is 15.0 Å². The predicted molar refractivity (Wildman–Crippen MR) is 55.8 cm³/mol. The zero-order chi connectivity index (χ0) is 11.6. The number of sulfonamides is 1. The summed E-state index contributed by atoms with van der Waals surface area (Å²) in [6, 6.07) is 0.825. The van der Waals surface area contributed by atoms with Gasteiger partial charge in [-0.15, -0.1) is 0 Å². The van der Waals surface area contributed by atoms with Gasteiger partial charge in [0.25, 0.3) is 0 Å². The molecule has 0 spiro atoms. The maximum atomic E-state index is 12.8. The molecule has 1 saturated heterocycles. The number of pyridine rings is 1. The van der Waals surface area contributed by atoms with Crippen LogP contribution in [-0.4, -0.2) is 32.5 Å². The van der Waals surface area contributed by atoms with Crippen LogP contribution in [0.4, 0.5) is 4.39 Å². The molecule has 2 N–H and O–H groups in total. The summed E-state index contributed by atoms with van der Waals surface area (Å²) in [7, 11) is -3.66. The van der Waals surface area contributed by atoms with Gasteiger partial charge in [0, 0.05) is 18.8 Å². The molecule has 1 aliphatic rings. The van der Waals surface area contributed by atoms with Crippen molar-refractivity contribution in [2.24, 2.45) is 0 Å². The molecule has 7 heteroatoms. The fourth-order valence-corrected chi connectivity index (χ4v) is 2.83.